The van der Waals surface area contributed by atoms with E-state index in [1.807, 2.05) is 18.3 Å². The largest absolute Gasteiger partial charge is 0.359 e. The molecule has 3 aromatic heterocycles. The van der Waals surface area contributed by atoms with Crippen molar-refractivity contribution in [2.75, 3.05) is 18.4 Å². The van der Waals surface area contributed by atoms with E-state index in [-0.39, 0.29) is 5.91 Å². The van der Waals surface area contributed by atoms with E-state index in [0.717, 1.165) is 36.1 Å². The summed E-state index contributed by atoms with van der Waals surface area (Å²) in [6, 6.07) is 18.2. The number of H-pyrrole nitrogens is 1. The van der Waals surface area contributed by atoms with Crippen LogP contribution < -0.4 is 5.32 Å². The minimum atomic E-state index is -0.196. The van der Waals surface area contributed by atoms with Crippen LogP contribution >= 0.6 is 0 Å². The summed E-state index contributed by atoms with van der Waals surface area (Å²) in [5.41, 5.74) is 6.13. The number of rotatable bonds is 5. The monoisotopic (exact) mass is 423 g/mol. The molecule has 1 atom stereocenters. The SMILES string of the molecule is CC(c1ccccc1)N1CC=C(c2c[nH]c3ccc(NC(=O)c4ccncc4)nc23)CC1. The van der Waals surface area contributed by atoms with Gasteiger partial charge >= 0.3 is 0 Å². The van der Waals surface area contributed by atoms with Gasteiger partial charge < -0.3 is 10.3 Å². The van der Waals surface area contributed by atoms with Crippen LogP contribution in [0.15, 0.2) is 79.3 Å². The zero-order valence-electron chi connectivity index (χ0n) is 18.0. The molecular weight excluding hydrogens is 398 g/mol. The van der Waals surface area contributed by atoms with Crippen molar-refractivity contribution in [1.82, 2.24) is 19.9 Å². The maximum Gasteiger partial charge on any atom is 0.256 e. The number of benzene rings is 1. The molecule has 1 aliphatic rings. The lowest BCUT2D eigenvalue weighted by Crippen LogP contribution is -2.31. The van der Waals surface area contributed by atoms with E-state index in [1.165, 1.54) is 11.1 Å². The molecule has 0 aliphatic carbocycles. The highest BCUT2D eigenvalue weighted by Gasteiger charge is 2.21. The number of nitrogens with one attached hydrogen (secondary N) is 2. The molecule has 1 amide bonds. The summed E-state index contributed by atoms with van der Waals surface area (Å²) < 4.78 is 0. The van der Waals surface area contributed by atoms with E-state index in [1.54, 1.807) is 24.5 Å². The first-order chi connectivity index (χ1) is 15.7. The standard InChI is InChI=1S/C26H25N5O/c1-18(19-5-3-2-4-6-19)31-15-11-20(12-16-31)22-17-28-23-7-8-24(29-25(22)23)30-26(32)21-9-13-27-14-10-21/h2-11,13-14,17-18,28H,12,15-16H2,1H3,(H,29,30,32). The number of nitrogens with zero attached hydrogens (tertiary/aromatic N) is 3. The third-order valence-corrected chi connectivity index (χ3v) is 6.12. The highest BCUT2D eigenvalue weighted by Crippen LogP contribution is 2.31. The van der Waals surface area contributed by atoms with Crippen molar-refractivity contribution in [3.05, 3.63) is 96.0 Å². The zero-order chi connectivity index (χ0) is 21.9. The average molecular weight is 424 g/mol. The van der Waals surface area contributed by atoms with Crippen molar-refractivity contribution in [3.8, 4) is 0 Å². The smallest absolute Gasteiger partial charge is 0.256 e. The Hall–Kier alpha value is -3.77. The predicted molar refractivity (Wildman–Crippen MR) is 127 cm³/mol. The molecule has 32 heavy (non-hydrogen) atoms. The first kappa shape index (κ1) is 20.2. The van der Waals surface area contributed by atoms with E-state index in [4.69, 9.17) is 4.98 Å². The van der Waals surface area contributed by atoms with Crippen molar-refractivity contribution in [2.45, 2.75) is 19.4 Å². The molecule has 6 heteroatoms. The van der Waals surface area contributed by atoms with E-state index in [0.29, 0.717) is 17.4 Å². The molecule has 0 saturated heterocycles. The minimum Gasteiger partial charge on any atom is -0.359 e. The summed E-state index contributed by atoms with van der Waals surface area (Å²) in [6.45, 7) is 4.16. The lowest BCUT2D eigenvalue weighted by molar-refractivity contribution is 0.102. The van der Waals surface area contributed by atoms with Crippen LogP contribution in [-0.2, 0) is 0 Å². The van der Waals surface area contributed by atoms with Crippen LogP contribution in [0.3, 0.4) is 0 Å². The van der Waals surface area contributed by atoms with Crippen LogP contribution in [0.25, 0.3) is 16.6 Å². The fraction of sp³-hybridized carbons (Fsp3) is 0.192. The molecule has 2 N–H and O–H groups in total. The third-order valence-electron chi connectivity index (χ3n) is 6.12. The van der Waals surface area contributed by atoms with Gasteiger partial charge in [0.25, 0.3) is 5.91 Å². The molecule has 160 valence electrons. The Kier molecular flexibility index (Phi) is 5.52. The molecule has 4 heterocycles. The Morgan fingerprint density at radius 2 is 1.91 bits per heavy atom. The topological polar surface area (TPSA) is 73.9 Å². The number of aromatic nitrogens is 3. The van der Waals surface area contributed by atoms with Crippen molar-refractivity contribution in [1.29, 1.82) is 0 Å². The summed E-state index contributed by atoms with van der Waals surface area (Å²) in [6.07, 6.45) is 8.49. The van der Waals surface area contributed by atoms with Gasteiger partial charge in [0.1, 0.15) is 5.82 Å². The molecule has 5 rings (SSSR count). The maximum atomic E-state index is 12.5. The van der Waals surface area contributed by atoms with Crippen LogP contribution in [0, 0.1) is 0 Å². The van der Waals surface area contributed by atoms with E-state index in [9.17, 15) is 4.79 Å². The molecule has 0 saturated carbocycles. The van der Waals surface area contributed by atoms with Gasteiger partial charge in [0.15, 0.2) is 0 Å². The molecule has 1 unspecified atom stereocenters. The summed E-state index contributed by atoms with van der Waals surface area (Å²) in [4.78, 5) is 27.0. The lowest BCUT2D eigenvalue weighted by Gasteiger charge is -2.32. The average Bonchev–Trinajstić information content (AvgIpc) is 3.28. The number of amides is 1. The Bertz CT molecular complexity index is 1260. The number of aromatic amines is 1. The van der Waals surface area contributed by atoms with Gasteiger partial charge in [-0.3, -0.25) is 14.7 Å². The van der Waals surface area contributed by atoms with E-state index in [2.05, 4.69) is 63.5 Å². The van der Waals surface area contributed by atoms with Gasteiger partial charge in [0.2, 0.25) is 0 Å². The Morgan fingerprint density at radius 3 is 2.66 bits per heavy atom. The van der Waals surface area contributed by atoms with Crippen molar-refractivity contribution in [3.63, 3.8) is 0 Å². The van der Waals surface area contributed by atoms with Gasteiger partial charge in [0.05, 0.1) is 11.0 Å². The summed E-state index contributed by atoms with van der Waals surface area (Å²) in [7, 11) is 0. The van der Waals surface area contributed by atoms with E-state index < -0.39 is 0 Å². The Labute approximate surface area is 187 Å². The third kappa shape index (κ3) is 4.05. The highest BCUT2D eigenvalue weighted by molar-refractivity contribution is 6.04. The number of hydrogen-bond donors (Lipinski definition) is 2. The van der Waals surface area contributed by atoms with Crippen LogP contribution in [-0.4, -0.2) is 38.8 Å². The molecule has 0 fully saturated rings. The summed E-state index contributed by atoms with van der Waals surface area (Å²) in [5.74, 6) is 0.342. The fourth-order valence-electron chi connectivity index (χ4n) is 4.23. The first-order valence-corrected chi connectivity index (χ1v) is 10.9. The lowest BCUT2D eigenvalue weighted by atomic mass is 9.98. The molecule has 1 aromatic carbocycles. The van der Waals surface area contributed by atoms with Gasteiger partial charge in [-0.25, -0.2) is 4.98 Å². The molecule has 6 nitrogen and oxygen atoms in total. The molecule has 4 aromatic rings. The Morgan fingerprint density at radius 1 is 1.09 bits per heavy atom. The van der Waals surface area contributed by atoms with Gasteiger partial charge in [-0.05, 0) is 48.7 Å². The summed E-state index contributed by atoms with van der Waals surface area (Å²) in [5, 5.41) is 2.89. The molecule has 1 aliphatic heterocycles. The number of anilines is 1. The predicted octanol–water partition coefficient (Wildman–Crippen LogP) is 5.06. The second kappa shape index (κ2) is 8.77. The molecular formula is C26H25N5O. The zero-order valence-corrected chi connectivity index (χ0v) is 18.0. The molecule has 0 bridgehead atoms. The van der Waals surface area contributed by atoms with Gasteiger partial charge in [-0.2, -0.15) is 0 Å². The normalized spacial score (nSPS) is 15.3. The van der Waals surface area contributed by atoms with Gasteiger partial charge in [-0.1, -0.05) is 36.4 Å². The van der Waals surface area contributed by atoms with Gasteiger partial charge in [0, 0.05) is 48.8 Å². The molecule has 0 radical (unpaired) electrons. The number of carbonyl (C=O) groups is 1. The van der Waals surface area contributed by atoms with Crippen LogP contribution in [0.1, 0.15) is 40.9 Å². The second-order valence-corrected chi connectivity index (χ2v) is 8.05. The van der Waals surface area contributed by atoms with Crippen molar-refractivity contribution >= 4 is 28.3 Å². The number of fused-ring (bicyclic) bond motifs is 1. The number of carbonyl (C=O) groups excluding carboxylic acids is 1. The molecule has 0 spiro atoms. The summed E-state index contributed by atoms with van der Waals surface area (Å²) >= 11 is 0. The van der Waals surface area contributed by atoms with Crippen molar-refractivity contribution < 1.29 is 4.79 Å². The van der Waals surface area contributed by atoms with E-state index >= 15 is 0 Å². The number of pyridine rings is 2. The van der Waals surface area contributed by atoms with Crippen LogP contribution in [0.2, 0.25) is 0 Å². The Balaban J connectivity index is 1.35. The maximum absolute atomic E-state index is 12.5. The van der Waals surface area contributed by atoms with Crippen LogP contribution in [0.4, 0.5) is 5.82 Å². The number of hydrogen-bond acceptors (Lipinski definition) is 4. The minimum absolute atomic E-state index is 0.196. The quantitative estimate of drug-likeness (QED) is 0.471. The van der Waals surface area contributed by atoms with Gasteiger partial charge in [-0.15, -0.1) is 0 Å². The van der Waals surface area contributed by atoms with Crippen LogP contribution in [0.5, 0.6) is 0 Å². The highest BCUT2D eigenvalue weighted by atomic mass is 16.1. The van der Waals surface area contributed by atoms with Crippen molar-refractivity contribution in [2.24, 2.45) is 0 Å². The second-order valence-electron chi connectivity index (χ2n) is 8.05. The first-order valence-electron chi connectivity index (χ1n) is 10.9. The fourth-order valence-corrected chi connectivity index (χ4v) is 4.23.